The molecule has 0 aliphatic rings. The number of esters is 1. The van der Waals surface area contributed by atoms with Crippen LogP contribution >= 0.6 is 0 Å². The van der Waals surface area contributed by atoms with Crippen molar-refractivity contribution in [3.63, 3.8) is 0 Å². The molecule has 1 heterocycles. The predicted molar refractivity (Wildman–Crippen MR) is 113 cm³/mol. The van der Waals surface area contributed by atoms with Crippen molar-refractivity contribution < 1.29 is 23.5 Å². The lowest BCUT2D eigenvalue weighted by Gasteiger charge is -2.10. The number of methoxy groups -OCH3 is 1. The fourth-order valence-electron chi connectivity index (χ4n) is 2.83. The molecule has 30 heavy (non-hydrogen) atoms. The Kier molecular flexibility index (Phi) is 6.64. The van der Waals surface area contributed by atoms with E-state index in [1.54, 1.807) is 36.4 Å². The molecule has 0 aliphatic carbocycles. The number of hydrazone groups is 1. The van der Waals surface area contributed by atoms with E-state index in [0.717, 1.165) is 16.7 Å². The molecule has 3 rings (SSSR count). The zero-order valence-electron chi connectivity index (χ0n) is 17.0. The average molecular weight is 406 g/mol. The van der Waals surface area contributed by atoms with Gasteiger partial charge in [0.2, 0.25) is 0 Å². The van der Waals surface area contributed by atoms with E-state index < -0.39 is 5.97 Å². The van der Waals surface area contributed by atoms with E-state index in [4.69, 9.17) is 9.15 Å². The van der Waals surface area contributed by atoms with Crippen LogP contribution in [-0.2, 0) is 9.53 Å². The zero-order valence-corrected chi connectivity index (χ0v) is 17.0. The van der Waals surface area contributed by atoms with Gasteiger partial charge in [0.1, 0.15) is 17.3 Å². The lowest BCUT2D eigenvalue weighted by atomic mass is 10.1. The fourth-order valence-corrected chi connectivity index (χ4v) is 2.83. The van der Waals surface area contributed by atoms with Crippen LogP contribution in [0.25, 0.3) is 11.3 Å². The largest absolute Gasteiger partial charge is 0.483 e. The second-order valence-corrected chi connectivity index (χ2v) is 6.57. The van der Waals surface area contributed by atoms with Crippen molar-refractivity contribution >= 4 is 18.1 Å². The summed E-state index contributed by atoms with van der Waals surface area (Å²) in [5, 5.41) is 3.89. The van der Waals surface area contributed by atoms with Gasteiger partial charge in [0.15, 0.2) is 6.61 Å². The van der Waals surface area contributed by atoms with E-state index in [-0.39, 0.29) is 12.5 Å². The Bertz CT molecular complexity index is 1050. The number of ether oxygens (including phenoxy) is 2. The highest BCUT2D eigenvalue weighted by Crippen LogP contribution is 2.23. The first-order chi connectivity index (χ1) is 14.5. The standard InChI is InChI=1S/C23H22N2O5/c1-15-5-4-6-16(2)22(15)29-14-21(26)25-24-13-19-11-12-20(30-19)17-7-9-18(10-8-17)23(27)28-3/h4-13H,14H2,1-3H3,(H,25,26)/b24-13-. The number of hydrogen-bond acceptors (Lipinski definition) is 6. The maximum atomic E-state index is 11.9. The van der Waals surface area contributed by atoms with Crippen molar-refractivity contribution in [1.82, 2.24) is 5.43 Å². The number of hydrogen-bond donors (Lipinski definition) is 1. The molecule has 0 aliphatic heterocycles. The van der Waals surface area contributed by atoms with Crippen LogP contribution in [0.1, 0.15) is 27.2 Å². The highest BCUT2D eigenvalue weighted by molar-refractivity contribution is 5.90. The smallest absolute Gasteiger partial charge is 0.337 e. The SMILES string of the molecule is COC(=O)c1ccc(-c2ccc(/C=N\NC(=O)COc3c(C)cccc3C)o2)cc1. The summed E-state index contributed by atoms with van der Waals surface area (Å²) in [4.78, 5) is 23.4. The molecule has 0 bridgehead atoms. The Balaban J connectivity index is 1.54. The van der Waals surface area contributed by atoms with E-state index in [1.807, 2.05) is 32.0 Å². The Morgan fingerprint density at radius 1 is 1.03 bits per heavy atom. The van der Waals surface area contributed by atoms with Crippen molar-refractivity contribution in [2.75, 3.05) is 13.7 Å². The van der Waals surface area contributed by atoms with Crippen molar-refractivity contribution in [2.24, 2.45) is 5.10 Å². The van der Waals surface area contributed by atoms with Crippen molar-refractivity contribution in [3.05, 3.63) is 77.0 Å². The number of rotatable bonds is 7. The number of furan rings is 1. The van der Waals surface area contributed by atoms with Crippen LogP contribution in [0.3, 0.4) is 0 Å². The van der Waals surface area contributed by atoms with Gasteiger partial charge >= 0.3 is 5.97 Å². The molecule has 0 unspecified atom stereocenters. The van der Waals surface area contributed by atoms with E-state index in [0.29, 0.717) is 22.8 Å². The van der Waals surface area contributed by atoms with Crippen LogP contribution in [0, 0.1) is 13.8 Å². The minimum absolute atomic E-state index is 0.140. The second kappa shape index (κ2) is 9.56. The Labute approximate surface area is 174 Å². The van der Waals surface area contributed by atoms with Crippen LogP contribution in [0.4, 0.5) is 0 Å². The first-order valence-corrected chi connectivity index (χ1v) is 9.27. The molecule has 7 nitrogen and oxygen atoms in total. The molecule has 0 saturated heterocycles. The van der Waals surface area contributed by atoms with Gasteiger partial charge in [0.25, 0.3) is 5.91 Å². The number of amides is 1. The van der Waals surface area contributed by atoms with E-state index in [2.05, 4.69) is 15.3 Å². The van der Waals surface area contributed by atoms with Gasteiger partial charge in [-0.2, -0.15) is 5.10 Å². The molecule has 0 spiro atoms. The van der Waals surface area contributed by atoms with E-state index >= 15 is 0 Å². The second-order valence-electron chi connectivity index (χ2n) is 6.57. The molecule has 154 valence electrons. The van der Waals surface area contributed by atoms with Crippen molar-refractivity contribution in [2.45, 2.75) is 13.8 Å². The molecular weight excluding hydrogens is 384 g/mol. The van der Waals surface area contributed by atoms with Gasteiger partial charge in [-0.25, -0.2) is 10.2 Å². The molecular formula is C23H22N2O5. The minimum atomic E-state index is -0.397. The number of para-hydroxylation sites is 1. The van der Waals surface area contributed by atoms with Gasteiger partial charge in [-0.3, -0.25) is 4.79 Å². The number of benzene rings is 2. The minimum Gasteiger partial charge on any atom is -0.483 e. The van der Waals surface area contributed by atoms with Crippen LogP contribution in [-0.4, -0.2) is 31.8 Å². The van der Waals surface area contributed by atoms with Crippen molar-refractivity contribution in [3.8, 4) is 17.1 Å². The first-order valence-electron chi connectivity index (χ1n) is 9.27. The molecule has 0 radical (unpaired) electrons. The van der Waals surface area contributed by atoms with Crippen LogP contribution in [0.2, 0.25) is 0 Å². The summed E-state index contributed by atoms with van der Waals surface area (Å²) in [6, 6.07) is 16.1. The molecule has 1 N–H and O–H groups in total. The van der Waals surface area contributed by atoms with Gasteiger partial charge in [0, 0.05) is 5.56 Å². The lowest BCUT2D eigenvalue weighted by molar-refractivity contribution is -0.123. The number of nitrogens with one attached hydrogen (secondary N) is 1. The molecule has 1 aromatic heterocycles. The predicted octanol–water partition coefficient (Wildman–Crippen LogP) is 3.88. The monoisotopic (exact) mass is 406 g/mol. The number of carbonyl (C=O) groups is 2. The molecule has 2 aromatic carbocycles. The summed E-state index contributed by atoms with van der Waals surface area (Å²) in [5.74, 6) is 1.01. The summed E-state index contributed by atoms with van der Waals surface area (Å²) < 4.78 is 16.0. The first kappa shape index (κ1) is 20.9. The lowest BCUT2D eigenvalue weighted by Crippen LogP contribution is -2.24. The third-order valence-corrected chi connectivity index (χ3v) is 4.35. The number of aryl methyl sites for hydroxylation is 2. The van der Waals surface area contributed by atoms with Gasteiger partial charge in [-0.15, -0.1) is 0 Å². The molecule has 0 atom stereocenters. The van der Waals surface area contributed by atoms with E-state index in [9.17, 15) is 9.59 Å². The molecule has 3 aromatic rings. The third-order valence-electron chi connectivity index (χ3n) is 4.35. The third kappa shape index (κ3) is 5.14. The summed E-state index contributed by atoms with van der Waals surface area (Å²) in [6.45, 7) is 3.71. The van der Waals surface area contributed by atoms with Gasteiger partial charge < -0.3 is 13.9 Å². The van der Waals surface area contributed by atoms with Crippen LogP contribution in [0.15, 0.2) is 64.1 Å². The molecule has 0 fully saturated rings. The number of nitrogens with zero attached hydrogens (tertiary/aromatic N) is 1. The van der Waals surface area contributed by atoms with Crippen molar-refractivity contribution in [1.29, 1.82) is 0 Å². The molecule has 1 amide bonds. The maximum Gasteiger partial charge on any atom is 0.337 e. The highest BCUT2D eigenvalue weighted by atomic mass is 16.5. The summed E-state index contributed by atoms with van der Waals surface area (Å²) >= 11 is 0. The summed E-state index contributed by atoms with van der Waals surface area (Å²) in [7, 11) is 1.34. The van der Waals surface area contributed by atoms with Gasteiger partial charge in [-0.05, 0) is 49.2 Å². The Morgan fingerprint density at radius 2 is 1.73 bits per heavy atom. The average Bonchev–Trinajstić information content (AvgIpc) is 3.22. The fraction of sp³-hybridized carbons (Fsp3) is 0.174. The summed E-state index contributed by atoms with van der Waals surface area (Å²) in [6.07, 6.45) is 1.41. The molecule has 7 heteroatoms. The summed E-state index contributed by atoms with van der Waals surface area (Å²) in [5.41, 5.74) is 5.60. The molecule has 0 saturated carbocycles. The quantitative estimate of drug-likeness (QED) is 0.365. The normalized spacial score (nSPS) is 10.8. The Hall–Kier alpha value is -3.87. The highest BCUT2D eigenvalue weighted by Gasteiger charge is 2.09. The number of carbonyl (C=O) groups excluding carboxylic acids is 2. The van der Waals surface area contributed by atoms with Gasteiger partial charge in [-0.1, -0.05) is 30.3 Å². The maximum absolute atomic E-state index is 11.9. The topological polar surface area (TPSA) is 90.1 Å². The van der Waals surface area contributed by atoms with Gasteiger partial charge in [0.05, 0.1) is 18.9 Å². The Morgan fingerprint density at radius 3 is 2.40 bits per heavy atom. The van der Waals surface area contributed by atoms with E-state index in [1.165, 1.54) is 13.3 Å². The van der Waals surface area contributed by atoms with Crippen LogP contribution in [0.5, 0.6) is 5.75 Å². The zero-order chi connectivity index (χ0) is 21.5. The van der Waals surface area contributed by atoms with Crippen LogP contribution < -0.4 is 10.2 Å².